The van der Waals surface area contributed by atoms with Crippen LogP contribution in [0, 0.1) is 0 Å². The van der Waals surface area contributed by atoms with Gasteiger partial charge in [0.05, 0.1) is 5.41 Å². The van der Waals surface area contributed by atoms with Gasteiger partial charge in [0.2, 0.25) is 0 Å². The van der Waals surface area contributed by atoms with E-state index in [1.54, 1.807) is 0 Å². The molecule has 0 atom stereocenters. The average molecular weight is 938 g/mol. The Morgan fingerprint density at radius 1 is 0.315 bits per heavy atom. The van der Waals surface area contributed by atoms with Crippen LogP contribution in [-0.2, 0) is 10.8 Å². The molecule has 0 amide bonds. The zero-order chi connectivity index (χ0) is 48.0. The first-order valence-electron chi connectivity index (χ1n) is 25.1. The second kappa shape index (κ2) is 17.1. The van der Waals surface area contributed by atoms with Crippen LogP contribution in [0.2, 0.25) is 0 Å². The molecule has 2 aliphatic rings. The number of anilines is 3. The van der Waals surface area contributed by atoms with Gasteiger partial charge < -0.3 is 9.32 Å². The summed E-state index contributed by atoms with van der Waals surface area (Å²) in [7, 11) is 0. The molecule has 0 saturated heterocycles. The molecule has 0 N–H and O–H groups in total. The van der Waals surface area contributed by atoms with Gasteiger partial charge in [-0.1, -0.05) is 246 Å². The molecule has 0 aliphatic heterocycles. The predicted octanol–water partition coefficient (Wildman–Crippen LogP) is 19.6. The molecule has 0 radical (unpaired) electrons. The normalized spacial score (nSPS) is 13.5. The number of nitrogens with zero attached hydrogens (tertiary/aromatic N) is 1. The smallest absolute Gasteiger partial charge is 0.143 e. The lowest BCUT2D eigenvalue weighted by molar-refractivity contribution is 0.660. The van der Waals surface area contributed by atoms with Gasteiger partial charge in [-0.25, -0.2) is 0 Å². The molecule has 2 aliphatic carbocycles. The van der Waals surface area contributed by atoms with Crippen LogP contribution in [0.1, 0.15) is 56.1 Å². The molecular formula is C71H55NO. The summed E-state index contributed by atoms with van der Waals surface area (Å²) in [5.74, 6) is 0. The number of fused-ring (bicyclic) bond motifs is 9. The summed E-state index contributed by atoms with van der Waals surface area (Å²) < 4.78 is 7.08. The van der Waals surface area contributed by atoms with E-state index in [1.807, 2.05) is 0 Å². The maximum atomic E-state index is 7.08. The van der Waals surface area contributed by atoms with Crippen LogP contribution >= 0.6 is 0 Å². The summed E-state index contributed by atoms with van der Waals surface area (Å²) >= 11 is 0. The number of rotatable bonds is 8. The van der Waals surface area contributed by atoms with Gasteiger partial charge in [0.1, 0.15) is 11.2 Å². The molecule has 0 saturated carbocycles. The van der Waals surface area contributed by atoms with Crippen LogP contribution in [0.3, 0.4) is 0 Å². The van der Waals surface area contributed by atoms with E-state index in [4.69, 9.17) is 4.42 Å². The second-order valence-electron chi connectivity index (χ2n) is 19.9. The van der Waals surface area contributed by atoms with Gasteiger partial charge in [-0.2, -0.15) is 0 Å². The SMILES string of the molecule is C.CC1(C)c2ccccc2-c2ccc(N(c3ccc(-c4ccccc4)cc3)c3ccc(-c4cccc5c4oc4c(-c6ccc(C7(c8ccccc8)c8ccccc8-c8ccccc87)cc6)cccc45)cc3)cc21.[HH]. The number of hydrogen-bond donors (Lipinski definition) is 0. The minimum atomic E-state index is -0.447. The lowest BCUT2D eigenvalue weighted by Crippen LogP contribution is -2.28. The summed E-state index contributed by atoms with van der Waals surface area (Å²) in [5, 5.41) is 2.21. The van der Waals surface area contributed by atoms with Crippen LogP contribution in [0.5, 0.6) is 0 Å². The molecule has 0 unspecified atom stereocenters. The molecule has 11 aromatic carbocycles. The topological polar surface area (TPSA) is 16.4 Å². The minimum absolute atomic E-state index is 0. The molecule has 1 aromatic heterocycles. The molecule has 2 heteroatoms. The molecule has 14 rings (SSSR count). The first-order chi connectivity index (χ1) is 35.5. The number of furan rings is 1. The van der Waals surface area contributed by atoms with Crippen molar-refractivity contribution in [2.75, 3.05) is 4.90 Å². The molecular weight excluding hydrogens is 883 g/mol. The Bertz CT molecular complexity index is 3990. The number of hydrogen-bond acceptors (Lipinski definition) is 2. The largest absolute Gasteiger partial charge is 0.455 e. The summed E-state index contributed by atoms with van der Waals surface area (Å²) in [5.41, 5.74) is 24.4. The van der Waals surface area contributed by atoms with Crippen LogP contribution in [0.4, 0.5) is 17.1 Å². The van der Waals surface area contributed by atoms with Gasteiger partial charge in [0.25, 0.3) is 0 Å². The van der Waals surface area contributed by atoms with Crippen LogP contribution in [0.15, 0.2) is 265 Å². The van der Waals surface area contributed by atoms with E-state index < -0.39 is 5.41 Å². The quantitative estimate of drug-likeness (QED) is 0.151. The monoisotopic (exact) mass is 937 g/mol. The summed E-state index contributed by atoms with van der Waals surface area (Å²) in [6, 6.07) is 95.6. The fraction of sp³-hybridized carbons (Fsp3) is 0.0704. The van der Waals surface area contributed by atoms with E-state index in [-0.39, 0.29) is 14.3 Å². The zero-order valence-electron chi connectivity index (χ0n) is 40.2. The van der Waals surface area contributed by atoms with Gasteiger partial charge in [-0.15, -0.1) is 0 Å². The van der Waals surface area contributed by atoms with Crippen molar-refractivity contribution in [2.45, 2.75) is 32.1 Å². The molecule has 1 heterocycles. The third kappa shape index (κ3) is 6.71. The summed E-state index contributed by atoms with van der Waals surface area (Å²) in [6.07, 6.45) is 0. The summed E-state index contributed by atoms with van der Waals surface area (Å²) in [6.45, 7) is 4.70. The Kier molecular flexibility index (Phi) is 10.3. The zero-order valence-corrected chi connectivity index (χ0v) is 40.2. The lowest BCUT2D eigenvalue weighted by Gasteiger charge is -2.34. The van der Waals surface area contributed by atoms with E-state index in [9.17, 15) is 0 Å². The predicted molar refractivity (Wildman–Crippen MR) is 308 cm³/mol. The van der Waals surface area contributed by atoms with Crippen molar-refractivity contribution in [1.29, 1.82) is 0 Å². The Labute approximate surface area is 429 Å². The Balaban J connectivity index is 0.00000278. The van der Waals surface area contributed by atoms with Crippen molar-refractivity contribution in [3.8, 4) is 55.6 Å². The molecule has 0 spiro atoms. The molecule has 12 aromatic rings. The maximum Gasteiger partial charge on any atom is 0.143 e. The first kappa shape index (κ1) is 44.0. The van der Waals surface area contributed by atoms with Crippen LogP contribution in [0.25, 0.3) is 77.6 Å². The van der Waals surface area contributed by atoms with E-state index in [0.717, 1.165) is 61.3 Å². The van der Waals surface area contributed by atoms with Gasteiger partial charge >= 0.3 is 0 Å². The lowest BCUT2D eigenvalue weighted by atomic mass is 9.67. The standard InChI is InChI=1S/C70H49NO.CH4.H2/c1-69(2)63-28-12-9-21-57(63)60-44-43-54(45-66(60)69)71(52-39-33-47(34-40-52)46-17-5-3-6-18-46)53-41-35-49(36-42-53)56-25-16-27-62-61-26-15-24-55(67(61)72-68(56)62)48-31-37-51(38-32-48)70(50-19-7-4-8-20-50)64-29-13-10-22-58(64)59-23-11-14-30-65(59)70;;/h3-45H,1-2H3;1H4;1H. The second-order valence-corrected chi connectivity index (χ2v) is 19.9. The third-order valence-electron chi connectivity index (χ3n) is 15.8. The van der Waals surface area contributed by atoms with E-state index >= 15 is 0 Å². The van der Waals surface area contributed by atoms with Crippen molar-refractivity contribution >= 4 is 39.0 Å². The van der Waals surface area contributed by atoms with E-state index in [1.165, 1.54) is 66.8 Å². The van der Waals surface area contributed by atoms with Gasteiger partial charge in [-0.3, -0.25) is 0 Å². The van der Waals surface area contributed by atoms with Crippen molar-refractivity contribution in [3.05, 3.63) is 294 Å². The number of para-hydroxylation sites is 2. The van der Waals surface area contributed by atoms with E-state index in [0.29, 0.717) is 0 Å². The third-order valence-corrected chi connectivity index (χ3v) is 15.8. The summed E-state index contributed by atoms with van der Waals surface area (Å²) in [4.78, 5) is 2.39. The highest BCUT2D eigenvalue weighted by Gasteiger charge is 2.46. The van der Waals surface area contributed by atoms with Crippen molar-refractivity contribution < 1.29 is 5.84 Å². The molecule has 2 nitrogen and oxygen atoms in total. The Hall–Kier alpha value is -8.98. The fourth-order valence-corrected chi connectivity index (χ4v) is 12.4. The highest BCUT2D eigenvalue weighted by Crippen LogP contribution is 2.56. The molecule has 73 heavy (non-hydrogen) atoms. The van der Waals surface area contributed by atoms with Gasteiger partial charge in [0.15, 0.2) is 0 Å². The molecule has 0 bridgehead atoms. The van der Waals surface area contributed by atoms with Gasteiger partial charge in [-0.05, 0) is 114 Å². The van der Waals surface area contributed by atoms with Gasteiger partial charge in [0, 0.05) is 45.8 Å². The molecule has 350 valence electrons. The van der Waals surface area contributed by atoms with E-state index in [2.05, 4.69) is 280 Å². The minimum Gasteiger partial charge on any atom is -0.455 e. The number of benzene rings is 11. The van der Waals surface area contributed by atoms with Crippen molar-refractivity contribution in [1.82, 2.24) is 0 Å². The van der Waals surface area contributed by atoms with Crippen LogP contribution < -0.4 is 4.90 Å². The molecule has 0 fully saturated rings. The Morgan fingerprint density at radius 3 is 1.27 bits per heavy atom. The highest BCUT2D eigenvalue weighted by molar-refractivity contribution is 6.13. The first-order valence-corrected chi connectivity index (χ1v) is 25.1. The average Bonchev–Trinajstić information content (AvgIpc) is 4.06. The fourth-order valence-electron chi connectivity index (χ4n) is 12.4. The Morgan fingerprint density at radius 2 is 0.712 bits per heavy atom. The van der Waals surface area contributed by atoms with Crippen molar-refractivity contribution in [2.24, 2.45) is 0 Å². The highest BCUT2D eigenvalue weighted by atomic mass is 16.3. The van der Waals surface area contributed by atoms with Crippen molar-refractivity contribution in [3.63, 3.8) is 0 Å². The maximum absolute atomic E-state index is 7.08. The van der Waals surface area contributed by atoms with Crippen LogP contribution in [-0.4, -0.2) is 0 Å².